The number of benzene rings is 2. The summed E-state index contributed by atoms with van der Waals surface area (Å²) >= 11 is 0. The van der Waals surface area contributed by atoms with Crippen LogP contribution in [0, 0.1) is 0 Å². The first-order chi connectivity index (χ1) is 9.62. The molecule has 0 aliphatic rings. The second-order valence-electron chi connectivity index (χ2n) is 4.62. The van der Waals surface area contributed by atoms with Crippen LogP contribution in [0.1, 0.15) is 6.42 Å². The van der Waals surface area contributed by atoms with Crippen molar-refractivity contribution in [2.45, 2.75) is 6.42 Å². The molecule has 0 amide bonds. The van der Waals surface area contributed by atoms with Gasteiger partial charge in [0.25, 0.3) is 0 Å². The van der Waals surface area contributed by atoms with Crippen LogP contribution >= 0.6 is 0 Å². The smallest absolute Gasteiger partial charge is 0.153 e. The molecule has 20 heavy (non-hydrogen) atoms. The molecule has 0 heterocycles. The lowest BCUT2D eigenvalue weighted by molar-refractivity contribution is 0.345. The fourth-order valence-electron chi connectivity index (χ4n) is 2.01. The van der Waals surface area contributed by atoms with E-state index in [1.54, 1.807) is 0 Å². The van der Waals surface area contributed by atoms with E-state index in [-0.39, 0.29) is 18.1 Å². The summed E-state index contributed by atoms with van der Waals surface area (Å²) in [6.45, 7) is 0.560. The lowest BCUT2D eigenvalue weighted by atomic mass is 10.1. The molecule has 0 aliphatic heterocycles. The van der Waals surface area contributed by atoms with E-state index in [1.165, 1.54) is 0 Å². The van der Waals surface area contributed by atoms with Crippen LogP contribution in [0.25, 0.3) is 10.8 Å². The summed E-state index contributed by atoms with van der Waals surface area (Å²) in [5.74, 6) is 0.871. The summed E-state index contributed by atoms with van der Waals surface area (Å²) in [7, 11) is -3.07. The van der Waals surface area contributed by atoms with E-state index in [4.69, 9.17) is 10.5 Å². The van der Waals surface area contributed by atoms with Crippen molar-refractivity contribution >= 4 is 20.6 Å². The summed E-state index contributed by atoms with van der Waals surface area (Å²) in [6.07, 6.45) is 0.497. The highest BCUT2D eigenvalue weighted by atomic mass is 32.2. The highest BCUT2D eigenvalue weighted by Gasteiger charge is 2.10. The van der Waals surface area contributed by atoms with Gasteiger partial charge in [0.2, 0.25) is 0 Å². The van der Waals surface area contributed by atoms with Crippen LogP contribution in [0.2, 0.25) is 0 Å². The minimum Gasteiger partial charge on any atom is -0.492 e. The molecule has 2 aromatic carbocycles. The summed E-state index contributed by atoms with van der Waals surface area (Å²) in [4.78, 5) is 0. The van der Waals surface area contributed by atoms with Crippen LogP contribution < -0.4 is 10.5 Å². The van der Waals surface area contributed by atoms with Gasteiger partial charge in [-0.2, -0.15) is 0 Å². The predicted octanol–water partition coefficient (Wildman–Crippen LogP) is 1.98. The molecule has 4 nitrogen and oxygen atoms in total. The topological polar surface area (TPSA) is 69.4 Å². The monoisotopic (exact) mass is 293 g/mol. The number of ether oxygens (including phenoxy) is 1. The molecule has 0 aromatic heterocycles. The van der Waals surface area contributed by atoms with Gasteiger partial charge in [-0.05, 0) is 24.4 Å². The van der Waals surface area contributed by atoms with E-state index in [0.717, 1.165) is 16.5 Å². The Morgan fingerprint density at radius 1 is 1.00 bits per heavy atom. The number of fused-ring (bicyclic) bond motifs is 1. The summed E-state index contributed by atoms with van der Waals surface area (Å²) in [6, 6.07) is 13.6. The number of hydrogen-bond acceptors (Lipinski definition) is 4. The number of hydrogen-bond donors (Lipinski definition) is 1. The molecule has 0 aliphatic carbocycles. The first-order valence-electron chi connectivity index (χ1n) is 6.63. The van der Waals surface area contributed by atoms with Gasteiger partial charge in [-0.25, -0.2) is 8.42 Å². The molecule has 0 unspecified atom stereocenters. The average molecular weight is 293 g/mol. The molecule has 0 atom stereocenters. The van der Waals surface area contributed by atoms with E-state index < -0.39 is 9.84 Å². The zero-order valence-corrected chi connectivity index (χ0v) is 12.1. The maximum atomic E-state index is 11.7. The van der Waals surface area contributed by atoms with Gasteiger partial charge in [0.1, 0.15) is 12.4 Å². The van der Waals surface area contributed by atoms with Crippen LogP contribution in [-0.2, 0) is 9.84 Å². The maximum Gasteiger partial charge on any atom is 0.153 e. The van der Waals surface area contributed by atoms with E-state index in [0.29, 0.717) is 13.0 Å². The molecule has 2 rings (SSSR count). The Balaban J connectivity index is 2.00. The Hall–Kier alpha value is -1.59. The molecule has 5 heteroatoms. The van der Waals surface area contributed by atoms with Crippen molar-refractivity contribution in [2.24, 2.45) is 5.73 Å². The summed E-state index contributed by atoms with van der Waals surface area (Å²) in [5, 5.41) is 2.07. The summed E-state index contributed by atoms with van der Waals surface area (Å²) in [5.41, 5.74) is 5.32. The highest BCUT2D eigenvalue weighted by molar-refractivity contribution is 7.91. The Bertz CT molecular complexity index is 662. The minimum absolute atomic E-state index is 0.0240. The molecule has 108 valence electrons. The lowest BCUT2D eigenvalue weighted by Gasteiger charge is -2.09. The van der Waals surface area contributed by atoms with Crippen molar-refractivity contribution in [2.75, 3.05) is 24.7 Å². The standard InChI is InChI=1S/C15H19NO3S/c16-9-4-11-20(17,18)12-10-19-15-8-3-6-13-5-1-2-7-14(13)15/h1-3,5-8H,4,9-12,16H2. The van der Waals surface area contributed by atoms with Gasteiger partial charge in [0, 0.05) is 5.39 Å². The normalized spacial score (nSPS) is 11.7. The van der Waals surface area contributed by atoms with Crippen molar-refractivity contribution in [1.29, 1.82) is 0 Å². The van der Waals surface area contributed by atoms with Crippen molar-refractivity contribution in [3.63, 3.8) is 0 Å². The molecule has 0 fully saturated rings. The zero-order chi connectivity index (χ0) is 14.4. The molecule has 0 radical (unpaired) electrons. The number of nitrogens with two attached hydrogens (primary N) is 1. The first kappa shape index (κ1) is 14.8. The van der Waals surface area contributed by atoms with E-state index in [2.05, 4.69) is 0 Å². The van der Waals surface area contributed by atoms with Gasteiger partial charge >= 0.3 is 0 Å². The van der Waals surface area contributed by atoms with Crippen LogP contribution in [-0.4, -0.2) is 33.1 Å². The van der Waals surface area contributed by atoms with Crippen LogP contribution in [0.5, 0.6) is 5.75 Å². The summed E-state index contributed by atoms with van der Waals surface area (Å²) < 4.78 is 29.0. The van der Waals surface area contributed by atoms with E-state index in [9.17, 15) is 8.42 Å². The van der Waals surface area contributed by atoms with Gasteiger partial charge in [0.05, 0.1) is 11.5 Å². The molecule has 0 saturated heterocycles. The lowest BCUT2D eigenvalue weighted by Crippen LogP contribution is -2.19. The van der Waals surface area contributed by atoms with E-state index in [1.807, 2.05) is 42.5 Å². The van der Waals surface area contributed by atoms with Gasteiger partial charge in [-0.1, -0.05) is 36.4 Å². The predicted molar refractivity (Wildman–Crippen MR) is 81.8 cm³/mol. The van der Waals surface area contributed by atoms with Crippen molar-refractivity contribution < 1.29 is 13.2 Å². The largest absolute Gasteiger partial charge is 0.492 e. The van der Waals surface area contributed by atoms with Crippen LogP contribution in [0.3, 0.4) is 0 Å². The van der Waals surface area contributed by atoms with Gasteiger partial charge in [0.15, 0.2) is 9.84 Å². The Labute approximate surface area is 119 Å². The minimum atomic E-state index is -3.07. The molecular weight excluding hydrogens is 274 g/mol. The second kappa shape index (κ2) is 6.72. The molecular formula is C15H19NO3S. The fraction of sp³-hybridized carbons (Fsp3) is 0.333. The average Bonchev–Trinajstić information content (AvgIpc) is 2.45. The Morgan fingerprint density at radius 3 is 2.55 bits per heavy atom. The van der Waals surface area contributed by atoms with Crippen LogP contribution in [0.4, 0.5) is 0 Å². The highest BCUT2D eigenvalue weighted by Crippen LogP contribution is 2.24. The fourth-order valence-corrected chi connectivity index (χ4v) is 3.15. The van der Waals surface area contributed by atoms with Crippen LogP contribution in [0.15, 0.2) is 42.5 Å². The third-order valence-corrected chi connectivity index (χ3v) is 4.76. The quantitative estimate of drug-likeness (QED) is 0.847. The first-order valence-corrected chi connectivity index (χ1v) is 8.45. The number of sulfone groups is 1. The maximum absolute atomic E-state index is 11.7. The van der Waals surface area contributed by atoms with Gasteiger partial charge in [-0.3, -0.25) is 0 Å². The SMILES string of the molecule is NCCCS(=O)(=O)CCOc1cccc2ccccc12. The molecule has 0 saturated carbocycles. The van der Waals surface area contributed by atoms with Crippen molar-refractivity contribution in [3.05, 3.63) is 42.5 Å². The zero-order valence-electron chi connectivity index (χ0n) is 11.3. The number of rotatable bonds is 7. The Kier molecular flexibility index (Phi) is 4.98. The molecule has 0 bridgehead atoms. The third-order valence-electron chi connectivity index (χ3n) is 3.06. The Morgan fingerprint density at radius 2 is 1.75 bits per heavy atom. The molecule has 2 N–H and O–H groups in total. The van der Waals surface area contributed by atoms with E-state index >= 15 is 0 Å². The third kappa shape index (κ3) is 3.95. The molecule has 0 spiro atoms. The van der Waals surface area contributed by atoms with Gasteiger partial charge < -0.3 is 10.5 Å². The molecule has 2 aromatic rings. The van der Waals surface area contributed by atoms with Crippen molar-refractivity contribution in [1.82, 2.24) is 0 Å². The van der Waals surface area contributed by atoms with Crippen molar-refractivity contribution in [3.8, 4) is 5.75 Å². The van der Waals surface area contributed by atoms with Gasteiger partial charge in [-0.15, -0.1) is 0 Å². The second-order valence-corrected chi connectivity index (χ2v) is 6.92.